The molecule has 0 aromatic heterocycles. The Kier molecular flexibility index (Phi) is 4.47. The monoisotopic (exact) mass is 224 g/mol. The van der Waals surface area contributed by atoms with Gasteiger partial charge in [0.2, 0.25) is 0 Å². The molecule has 1 atom stereocenters. The summed E-state index contributed by atoms with van der Waals surface area (Å²) in [6.07, 6.45) is 0.320. The molecule has 3 heteroatoms. The van der Waals surface area contributed by atoms with E-state index in [2.05, 4.69) is 6.92 Å². The van der Waals surface area contributed by atoms with Crippen molar-refractivity contribution in [2.24, 2.45) is 0 Å². The second-order valence-electron chi connectivity index (χ2n) is 4.00. The lowest BCUT2D eigenvalue weighted by atomic mass is 9.94. The highest BCUT2D eigenvalue weighted by Crippen LogP contribution is 2.27. The molecular weight excluding hydrogens is 204 g/mol. The normalized spacial score (nSPS) is 15.1. The van der Waals surface area contributed by atoms with Crippen molar-refractivity contribution >= 4 is 0 Å². The maximum atomic E-state index is 10.4. The van der Waals surface area contributed by atoms with Gasteiger partial charge in [0, 0.05) is 14.2 Å². The molecule has 0 aliphatic heterocycles. The van der Waals surface area contributed by atoms with Gasteiger partial charge in [-0.05, 0) is 24.5 Å². The van der Waals surface area contributed by atoms with E-state index in [9.17, 15) is 5.11 Å². The van der Waals surface area contributed by atoms with Crippen LogP contribution in [0.25, 0.3) is 0 Å². The molecule has 1 rings (SSSR count). The topological polar surface area (TPSA) is 38.7 Å². The van der Waals surface area contributed by atoms with E-state index >= 15 is 0 Å². The van der Waals surface area contributed by atoms with Gasteiger partial charge in [0.15, 0.2) is 6.29 Å². The molecule has 1 aromatic carbocycles. The van der Waals surface area contributed by atoms with Gasteiger partial charge in [0.25, 0.3) is 0 Å². The number of rotatable bonds is 5. The molecule has 0 aliphatic carbocycles. The maximum absolute atomic E-state index is 10.4. The summed E-state index contributed by atoms with van der Waals surface area (Å²) in [6.45, 7) is 3.78. The van der Waals surface area contributed by atoms with Gasteiger partial charge in [0.05, 0.1) is 0 Å². The molecule has 16 heavy (non-hydrogen) atoms. The van der Waals surface area contributed by atoms with Crippen molar-refractivity contribution in [1.82, 2.24) is 0 Å². The van der Waals surface area contributed by atoms with Crippen LogP contribution in [0.5, 0.6) is 0 Å². The Labute approximate surface area is 97.0 Å². The molecule has 90 valence electrons. The molecule has 0 amide bonds. The Bertz CT molecular complexity index is 312. The van der Waals surface area contributed by atoms with Gasteiger partial charge in [-0.3, -0.25) is 0 Å². The first-order chi connectivity index (χ1) is 7.56. The van der Waals surface area contributed by atoms with E-state index in [1.54, 1.807) is 6.92 Å². The van der Waals surface area contributed by atoms with Gasteiger partial charge in [0.1, 0.15) is 5.60 Å². The summed E-state index contributed by atoms with van der Waals surface area (Å²) < 4.78 is 10.2. The largest absolute Gasteiger partial charge is 0.380 e. The van der Waals surface area contributed by atoms with Crippen LogP contribution < -0.4 is 0 Å². The predicted molar refractivity (Wildman–Crippen MR) is 63.2 cm³/mol. The van der Waals surface area contributed by atoms with Crippen LogP contribution in [0.4, 0.5) is 0 Å². The first-order valence-corrected chi connectivity index (χ1v) is 5.43. The van der Waals surface area contributed by atoms with E-state index in [1.165, 1.54) is 19.8 Å². The average Bonchev–Trinajstić information content (AvgIpc) is 2.30. The lowest BCUT2D eigenvalue weighted by Gasteiger charge is -2.31. The first kappa shape index (κ1) is 13.2. The summed E-state index contributed by atoms with van der Waals surface area (Å²) in [5.74, 6) is 0. The highest BCUT2D eigenvalue weighted by molar-refractivity contribution is 5.27. The molecule has 0 bridgehead atoms. The van der Waals surface area contributed by atoms with Crippen molar-refractivity contribution in [3.05, 3.63) is 35.4 Å². The fourth-order valence-corrected chi connectivity index (χ4v) is 1.77. The molecule has 0 saturated heterocycles. The lowest BCUT2D eigenvalue weighted by molar-refractivity contribution is -0.213. The zero-order chi connectivity index (χ0) is 12.2. The Hall–Kier alpha value is -0.900. The molecule has 0 saturated carbocycles. The minimum absolute atomic E-state index is 0.667. The number of hydrogen-bond acceptors (Lipinski definition) is 3. The average molecular weight is 224 g/mol. The fraction of sp³-hybridized carbons (Fsp3) is 0.538. The van der Waals surface area contributed by atoms with Crippen LogP contribution in [0.2, 0.25) is 0 Å². The Morgan fingerprint density at radius 1 is 1.19 bits per heavy atom. The molecular formula is C13H20O3. The van der Waals surface area contributed by atoms with E-state index in [0.717, 1.165) is 12.0 Å². The van der Waals surface area contributed by atoms with Crippen LogP contribution in [0.15, 0.2) is 24.3 Å². The van der Waals surface area contributed by atoms with E-state index in [-0.39, 0.29) is 0 Å². The zero-order valence-corrected chi connectivity index (χ0v) is 10.4. The van der Waals surface area contributed by atoms with E-state index < -0.39 is 11.9 Å². The van der Waals surface area contributed by atoms with Crippen molar-refractivity contribution in [2.75, 3.05) is 14.2 Å². The minimum Gasteiger partial charge on any atom is -0.380 e. The second kappa shape index (κ2) is 5.43. The van der Waals surface area contributed by atoms with Crippen molar-refractivity contribution in [1.29, 1.82) is 0 Å². The minimum atomic E-state index is -1.14. The molecule has 0 fully saturated rings. The summed E-state index contributed by atoms with van der Waals surface area (Å²) in [4.78, 5) is 0. The Balaban J connectivity index is 2.96. The number of aliphatic hydroxyl groups is 1. The Morgan fingerprint density at radius 2 is 1.69 bits per heavy atom. The van der Waals surface area contributed by atoms with Crippen molar-refractivity contribution < 1.29 is 14.6 Å². The van der Waals surface area contributed by atoms with Gasteiger partial charge >= 0.3 is 0 Å². The number of methoxy groups -OCH3 is 2. The molecule has 1 aromatic rings. The van der Waals surface area contributed by atoms with Crippen LogP contribution in [-0.2, 0) is 21.5 Å². The molecule has 1 N–H and O–H groups in total. The van der Waals surface area contributed by atoms with E-state index in [1.807, 2.05) is 24.3 Å². The van der Waals surface area contributed by atoms with Crippen molar-refractivity contribution in [3.8, 4) is 0 Å². The van der Waals surface area contributed by atoms with Gasteiger partial charge in [-0.1, -0.05) is 31.2 Å². The molecule has 0 radical (unpaired) electrons. The van der Waals surface area contributed by atoms with Crippen LogP contribution in [-0.4, -0.2) is 25.6 Å². The summed E-state index contributed by atoms with van der Waals surface area (Å²) >= 11 is 0. The number of benzene rings is 1. The number of hydrogen-bond donors (Lipinski definition) is 1. The van der Waals surface area contributed by atoms with Crippen molar-refractivity contribution in [3.63, 3.8) is 0 Å². The molecule has 1 unspecified atom stereocenters. The van der Waals surface area contributed by atoms with Gasteiger partial charge in [-0.2, -0.15) is 0 Å². The van der Waals surface area contributed by atoms with Crippen LogP contribution >= 0.6 is 0 Å². The van der Waals surface area contributed by atoms with Gasteiger partial charge < -0.3 is 14.6 Å². The lowest BCUT2D eigenvalue weighted by Crippen LogP contribution is -2.39. The van der Waals surface area contributed by atoms with Gasteiger partial charge in [-0.15, -0.1) is 0 Å². The highest BCUT2D eigenvalue weighted by Gasteiger charge is 2.34. The number of ether oxygens (including phenoxy) is 2. The fourth-order valence-electron chi connectivity index (χ4n) is 1.77. The predicted octanol–water partition coefficient (Wildman–Crippen LogP) is 2.08. The third kappa shape index (κ3) is 2.61. The van der Waals surface area contributed by atoms with Gasteiger partial charge in [-0.25, -0.2) is 0 Å². The van der Waals surface area contributed by atoms with Crippen LogP contribution in [0, 0.1) is 0 Å². The first-order valence-electron chi connectivity index (χ1n) is 5.43. The third-order valence-electron chi connectivity index (χ3n) is 2.83. The summed E-state index contributed by atoms with van der Waals surface area (Å²) in [6, 6.07) is 7.83. The molecule has 0 heterocycles. The highest BCUT2D eigenvalue weighted by atomic mass is 16.7. The maximum Gasteiger partial charge on any atom is 0.189 e. The van der Waals surface area contributed by atoms with E-state index in [0.29, 0.717) is 0 Å². The quantitative estimate of drug-likeness (QED) is 0.778. The SMILES string of the molecule is CCc1ccc(C(C)(O)C(OC)OC)cc1. The summed E-state index contributed by atoms with van der Waals surface area (Å²) in [5.41, 5.74) is 0.889. The molecule has 0 aliphatic rings. The van der Waals surface area contributed by atoms with Crippen molar-refractivity contribution in [2.45, 2.75) is 32.2 Å². The molecule has 3 nitrogen and oxygen atoms in total. The summed E-state index contributed by atoms with van der Waals surface area (Å²) in [7, 11) is 3.03. The third-order valence-corrected chi connectivity index (χ3v) is 2.83. The standard InChI is InChI=1S/C13H20O3/c1-5-10-6-8-11(9-7-10)13(2,14)12(15-3)16-4/h6-9,12,14H,5H2,1-4H3. The molecule has 0 spiro atoms. The second-order valence-corrected chi connectivity index (χ2v) is 4.00. The van der Waals surface area contributed by atoms with Crippen LogP contribution in [0.3, 0.4) is 0 Å². The Morgan fingerprint density at radius 3 is 2.06 bits per heavy atom. The smallest absolute Gasteiger partial charge is 0.189 e. The number of aryl methyl sites for hydroxylation is 1. The zero-order valence-electron chi connectivity index (χ0n) is 10.4. The van der Waals surface area contributed by atoms with Crippen LogP contribution in [0.1, 0.15) is 25.0 Å². The van der Waals surface area contributed by atoms with E-state index in [4.69, 9.17) is 9.47 Å². The summed E-state index contributed by atoms with van der Waals surface area (Å²) in [5, 5.41) is 10.4.